The van der Waals surface area contributed by atoms with Crippen molar-refractivity contribution in [3.05, 3.63) is 12.4 Å². The maximum atomic E-state index is 11.3. The van der Waals surface area contributed by atoms with Crippen molar-refractivity contribution in [1.82, 2.24) is 15.3 Å². The lowest BCUT2D eigenvalue weighted by Crippen LogP contribution is -2.52. The summed E-state index contributed by atoms with van der Waals surface area (Å²) in [6, 6.07) is 0.165. The normalized spacial score (nSPS) is 14.5. The van der Waals surface area contributed by atoms with E-state index in [1.165, 1.54) is 0 Å². The first-order valence-electron chi connectivity index (χ1n) is 6.57. The second-order valence-corrected chi connectivity index (χ2v) is 6.22. The van der Waals surface area contributed by atoms with E-state index in [4.69, 9.17) is 0 Å². The van der Waals surface area contributed by atoms with Gasteiger partial charge in [0.15, 0.2) is 5.16 Å². The fraction of sp³-hybridized carbons (Fsp3) is 0.692. The number of aromatic nitrogens is 2. The Bertz CT molecular complexity index is 381. The van der Waals surface area contributed by atoms with Crippen LogP contribution in [0.15, 0.2) is 17.6 Å². The summed E-state index contributed by atoms with van der Waals surface area (Å²) < 4.78 is 0. The van der Waals surface area contributed by atoms with Crippen molar-refractivity contribution in [2.24, 2.45) is 0 Å². The molecule has 0 saturated heterocycles. The largest absolute Gasteiger partial charge is 0.480 e. The lowest BCUT2D eigenvalue weighted by Gasteiger charge is -2.28. The summed E-state index contributed by atoms with van der Waals surface area (Å²) >= 11 is 1.67. The van der Waals surface area contributed by atoms with E-state index in [0.29, 0.717) is 6.42 Å². The van der Waals surface area contributed by atoms with Crippen LogP contribution >= 0.6 is 11.8 Å². The minimum atomic E-state index is -0.830. The van der Waals surface area contributed by atoms with Gasteiger partial charge in [-0.15, -0.1) is 0 Å². The molecule has 3 N–H and O–H groups in total. The van der Waals surface area contributed by atoms with Crippen LogP contribution in [0.5, 0.6) is 0 Å². The van der Waals surface area contributed by atoms with Gasteiger partial charge in [-0.3, -0.25) is 10.1 Å². The van der Waals surface area contributed by atoms with Crippen molar-refractivity contribution in [2.45, 2.75) is 56.8 Å². The molecule has 0 fully saturated rings. The van der Waals surface area contributed by atoms with Gasteiger partial charge in [0.05, 0.1) is 0 Å². The van der Waals surface area contributed by atoms with Gasteiger partial charge in [0, 0.05) is 24.2 Å². The highest BCUT2D eigenvalue weighted by atomic mass is 32.2. The highest BCUT2D eigenvalue weighted by Crippen LogP contribution is 2.19. The monoisotopic (exact) mass is 285 g/mol. The van der Waals surface area contributed by atoms with Gasteiger partial charge in [-0.2, -0.15) is 0 Å². The molecule has 1 atom stereocenters. The van der Waals surface area contributed by atoms with Crippen molar-refractivity contribution in [3.8, 4) is 0 Å². The number of unbranched alkanes of at least 4 members (excludes halogenated alkanes) is 1. The van der Waals surface area contributed by atoms with Crippen LogP contribution < -0.4 is 5.32 Å². The van der Waals surface area contributed by atoms with Gasteiger partial charge in [0.25, 0.3) is 0 Å². The highest BCUT2D eigenvalue weighted by Gasteiger charge is 2.32. The number of aromatic amines is 1. The molecule has 0 aliphatic heterocycles. The molecule has 0 aliphatic rings. The van der Waals surface area contributed by atoms with E-state index >= 15 is 0 Å². The number of imidazole rings is 1. The summed E-state index contributed by atoms with van der Waals surface area (Å²) in [5.41, 5.74) is -0.830. The number of thioether (sulfide) groups is 1. The zero-order valence-corrected chi connectivity index (χ0v) is 12.6. The third-order valence-electron chi connectivity index (χ3n) is 2.86. The summed E-state index contributed by atoms with van der Waals surface area (Å²) in [5.74, 6) is 0.171. The molecule has 1 unspecified atom stereocenters. The van der Waals surface area contributed by atoms with E-state index in [9.17, 15) is 9.90 Å². The lowest BCUT2D eigenvalue weighted by molar-refractivity contribution is -0.144. The van der Waals surface area contributed by atoms with E-state index < -0.39 is 11.5 Å². The Labute approximate surface area is 118 Å². The third kappa shape index (κ3) is 5.65. The van der Waals surface area contributed by atoms with E-state index in [0.717, 1.165) is 23.8 Å². The molecule has 0 aliphatic carbocycles. The second kappa shape index (κ2) is 7.55. The van der Waals surface area contributed by atoms with E-state index in [1.807, 2.05) is 13.8 Å². The summed E-state index contributed by atoms with van der Waals surface area (Å²) in [4.78, 5) is 18.5. The molecule has 1 rings (SSSR count). The molecule has 1 heterocycles. The SMILES string of the molecule is CC(C)NC(C)(CCCCSc1ncc[nH]1)C(=O)O. The van der Waals surface area contributed by atoms with Crippen molar-refractivity contribution < 1.29 is 9.90 Å². The van der Waals surface area contributed by atoms with Crippen LogP contribution in [-0.2, 0) is 4.79 Å². The van der Waals surface area contributed by atoms with Crippen molar-refractivity contribution >= 4 is 17.7 Å². The van der Waals surface area contributed by atoms with Crippen LogP contribution in [0.25, 0.3) is 0 Å². The molecule has 0 amide bonds. The Morgan fingerprint density at radius 3 is 2.84 bits per heavy atom. The average Bonchev–Trinajstić information content (AvgIpc) is 2.80. The zero-order chi connectivity index (χ0) is 14.3. The Morgan fingerprint density at radius 2 is 2.32 bits per heavy atom. The number of carboxylic acids is 1. The standard InChI is InChI=1S/C13H23N3O2S/c1-10(2)16-13(3,11(17)18)6-4-5-9-19-12-14-7-8-15-12/h7-8,10,16H,4-6,9H2,1-3H3,(H,14,15)(H,17,18). The molecule has 1 aromatic rings. The summed E-state index contributed by atoms with van der Waals surface area (Å²) in [6.07, 6.45) is 6.04. The maximum absolute atomic E-state index is 11.3. The molecule has 5 nitrogen and oxygen atoms in total. The molecule has 0 spiro atoms. The number of nitrogens with zero attached hydrogens (tertiary/aromatic N) is 1. The minimum Gasteiger partial charge on any atom is -0.480 e. The third-order valence-corrected chi connectivity index (χ3v) is 3.85. The number of H-pyrrole nitrogens is 1. The summed E-state index contributed by atoms with van der Waals surface area (Å²) in [6.45, 7) is 5.69. The van der Waals surface area contributed by atoms with E-state index in [2.05, 4.69) is 15.3 Å². The first-order valence-corrected chi connectivity index (χ1v) is 7.56. The maximum Gasteiger partial charge on any atom is 0.323 e. The first-order chi connectivity index (χ1) is 8.94. The van der Waals surface area contributed by atoms with Crippen LogP contribution in [0.1, 0.15) is 40.0 Å². The molecule has 0 radical (unpaired) electrons. The smallest absolute Gasteiger partial charge is 0.323 e. The molecule has 6 heteroatoms. The predicted molar refractivity (Wildman–Crippen MR) is 77.5 cm³/mol. The number of carbonyl (C=O) groups is 1. The number of nitrogens with one attached hydrogen (secondary N) is 2. The van der Waals surface area contributed by atoms with Crippen molar-refractivity contribution in [1.29, 1.82) is 0 Å². The van der Waals surface area contributed by atoms with Crippen LogP contribution in [0.4, 0.5) is 0 Å². The Balaban J connectivity index is 2.26. The predicted octanol–water partition coefficient (Wildman–Crippen LogP) is 2.51. The van der Waals surface area contributed by atoms with Crippen LogP contribution in [0, 0.1) is 0 Å². The van der Waals surface area contributed by atoms with Crippen LogP contribution in [-0.4, -0.2) is 38.4 Å². The Morgan fingerprint density at radius 1 is 1.58 bits per heavy atom. The van der Waals surface area contributed by atoms with Gasteiger partial charge in [-0.05, 0) is 33.6 Å². The number of hydrogen-bond acceptors (Lipinski definition) is 4. The fourth-order valence-corrected chi connectivity index (χ4v) is 2.79. The summed E-state index contributed by atoms with van der Waals surface area (Å²) in [7, 11) is 0. The Hall–Kier alpha value is -1.01. The molecular formula is C13H23N3O2S. The summed E-state index contributed by atoms with van der Waals surface area (Å²) in [5, 5.41) is 13.4. The molecule has 19 heavy (non-hydrogen) atoms. The molecule has 0 bridgehead atoms. The van der Waals surface area contributed by atoms with Gasteiger partial charge < -0.3 is 10.1 Å². The van der Waals surface area contributed by atoms with Crippen molar-refractivity contribution in [3.63, 3.8) is 0 Å². The number of hydrogen-bond donors (Lipinski definition) is 3. The second-order valence-electron chi connectivity index (χ2n) is 5.14. The van der Waals surface area contributed by atoms with Gasteiger partial charge in [-0.1, -0.05) is 18.2 Å². The first kappa shape index (κ1) is 16.0. The van der Waals surface area contributed by atoms with Gasteiger partial charge in [0.2, 0.25) is 0 Å². The van der Waals surface area contributed by atoms with Crippen LogP contribution in [0.2, 0.25) is 0 Å². The van der Waals surface area contributed by atoms with E-state index in [1.54, 1.807) is 31.1 Å². The van der Waals surface area contributed by atoms with Gasteiger partial charge in [-0.25, -0.2) is 4.98 Å². The minimum absolute atomic E-state index is 0.165. The number of rotatable bonds is 9. The van der Waals surface area contributed by atoms with E-state index in [-0.39, 0.29) is 6.04 Å². The topological polar surface area (TPSA) is 78.0 Å². The molecule has 0 aromatic carbocycles. The zero-order valence-electron chi connectivity index (χ0n) is 11.8. The lowest BCUT2D eigenvalue weighted by atomic mass is 9.94. The quantitative estimate of drug-likeness (QED) is 0.480. The average molecular weight is 285 g/mol. The van der Waals surface area contributed by atoms with Crippen LogP contribution in [0.3, 0.4) is 0 Å². The van der Waals surface area contributed by atoms with Crippen molar-refractivity contribution in [2.75, 3.05) is 5.75 Å². The number of carboxylic acid groups (broad SMARTS) is 1. The fourth-order valence-electron chi connectivity index (χ4n) is 1.96. The molecular weight excluding hydrogens is 262 g/mol. The van der Waals surface area contributed by atoms with Gasteiger partial charge >= 0.3 is 5.97 Å². The Kier molecular flexibility index (Phi) is 6.37. The number of aliphatic carboxylic acids is 1. The molecule has 108 valence electrons. The molecule has 1 aromatic heterocycles. The highest BCUT2D eigenvalue weighted by molar-refractivity contribution is 7.99. The molecule has 0 saturated carbocycles. The van der Waals surface area contributed by atoms with Gasteiger partial charge in [0.1, 0.15) is 5.54 Å².